The highest BCUT2D eigenvalue weighted by Crippen LogP contribution is 2.49. The molecule has 0 aromatic carbocycles. The lowest BCUT2D eigenvalue weighted by Crippen LogP contribution is -2.56. The van der Waals surface area contributed by atoms with Crippen LogP contribution in [0.4, 0.5) is 26.3 Å². The highest BCUT2D eigenvalue weighted by Gasteiger charge is 2.71. The number of carbonyl (C=O) groups is 2. The zero-order valence-corrected chi connectivity index (χ0v) is 15.7. The molecule has 0 aliphatic heterocycles. The maximum atomic E-state index is 13.9. The third-order valence-corrected chi connectivity index (χ3v) is 3.48. The molecule has 0 radical (unpaired) electrons. The van der Waals surface area contributed by atoms with Crippen LogP contribution in [-0.4, -0.2) is 65.3 Å². The third kappa shape index (κ3) is 7.35. The number of ether oxygens (including phenoxy) is 2. The quantitative estimate of drug-likeness (QED) is 0.278. The molecule has 0 saturated carbocycles. The highest BCUT2D eigenvalue weighted by atomic mass is 19.3. The summed E-state index contributed by atoms with van der Waals surface area (Å²) in [5.41, 5.74) is -0.462. The summed E-state index contributed by atoms with van der Waals surface area (Å²) in [7, 11) is 0. The van der Waals surface area contributed by atoms with Crippen molar-refractivity contribution < 1.29 is 55.6 Å². The van der Waals surface area contributed by atoms with Gasteiger partial charge in [-0.2, -0.15) is 26.3 Å². The fourth-order valence-corrected chi connectivity index (χ4v) is 1.86. The zero-order valence-electron chi connectivity index (χ0n) is 15.7. The lowest BCUT2D eigenvalue weighted by atomic mass is 9.95. The molecule has 0 aromatic rings. The summed E-state index contributed by atoms with van der Waals surface area (Å²) in [6.07, 6.45) is -8.87. The van der Waals surface area contributed by atoms with E-state index >= 15 is 0 Å². The maximum absolute atomic E-state index is 13.9. The Kier molecular flexibility index (Phi) is 9.38. The Bertz CT molecular complexity index is 634. The van der Waals surface area contributed by atoms with Crippen LogP contribution in [0.3, 0.4) is 0 Å². The first kappa shape index (κ1) is 26.9. The van der Waals surface area contributed by atoms with Crippen LogP contribution in [0.2, 0.25) is 0 Å². The van der Waals surface area contributed by atoms with Crippen molar-refractivity contribution in [3.63, 3.8) is 0 Å². The van der Waals surface area contributed by atoms with Gasteiger partial charge in [0, 0.05) is 17.6 Å². The molecule has 168 valence electrons. The molecule has 0 rings (SSSR count). The molecule has 29 heavy (non-hydrogen) atoms. The molecule has 0 aliphatic rings. The van der Waals surface area contributed by atoms with Crippen molar-refractivity contribution in [3.05, 3.63) is 24.3 Å². The van der Waals surface area contributed by atoms with E-state index in [0.717, 1.165) is 6.92 Å². The van der Waals surface area contributed by atoms with Crippen LogP contribution < -0.4 is 0 Å². The Balaban J connectivity index is 5.26. The van der Waals surface area contributed by atoms with E-state index in [1.54, 1.807) is 0 Å². The van der Waals surface area contributed by atoms with Crippen molar-refractivity contribution in [3.8, 4) is 0 Å². The normalized spacial score (nSPS) is 14.7. The van der Waals surface area contributed by atoms with Gasteiger partial charge in [-0.05, 0) is 13.8 Å². The summed E-state index contributed by atoms with van der Waals surface area (Å²) < 4.78 is 91.9. The van der Waals surface area contributed by atoms with Crippen molar-refractivity contribution in [2.45, 2.75) is 56.7 Å². The average Bonchev–Trinajstić information content (AvgIpc) is 2.57. The summed E-state index contributed by atoms with van der Waals surface area (Å²) in [6, 6.07) is 0. The minimum Gasteiger partial charge on any atom is -0.460 e. The Hall–Kier alpha value is -2.08. The molecule has 0 aromatic heterocycles. The summed E-state index contributed by atoms with van der Waals surface area (Å²) in [5.74, 6) is -19.3. The average molecular weight is 436 g/mol. The molecule has 0 saturated heterocycles. The first-order valence-corrected chi connectivity index (χ1v) is 8.10. The van der Waals surface area contributed by atoms with E-state index in [1.165, 1.54) is 6.92 Å². The number of aliphatic hydroxyl groups is 2. The number of carbonyl (C=O) groups excluding carboxylic acids is 2. The number of halogens is 6. The molecule has 6 nitrogen and oxygen atoms in total. The fourth-order valence-electron chi connectivity index (χ4n) is 1.86. The Morgan fingerprint density at radius 1 is 0.931 bits per heavy atom. The van der Waals surface area contributed by atoms with Crippen molar-refractivity contribution in [2.24, 2.45) is 0 Å². The van der Waals surface area contributed by atoms with E-state index in [0.29, 0.717) is 0 Å². The molecule has 0 fully saturated rings. The van der Waals surface area contributed by atoms with Gasteiger partial charge in [0.25, 0.3) is 0 Å². The summed E-state index contributed by atoms with van der Waals surface area (Å²) in [4.78, 5) is 22.4. The standard InChI is InChI=1S/C17H22F6O6/c1-9(2)13(26)28-8-11(25)5-15(18,19)17(22,23)16(20,21)6-12(7-24)29-14(27)10(3)4/h11-12,24-25H,1,3,5-8H2,2,4H3. The predicted molar refractivity (Wildman–Crippen MR) is 87.6 cm³/mol. The summed E-state index contributed by atoms with van der Waals surface area (Å²) >= 11 is 0. The third-order valence-electron chi connectivity index (χ3n) is 3.48. The second kappa shape index (κ2) is 10.1. The van der Waals surface area contributed by atoms with E-state index < -0.39 is 68.0 Å². The molecule has 0 bridgehead atoms. The van der Waals surface area contributed by atoms with Crippen LogP contribution >= 0.6 is 0 Å². The maximum Gasteiger partial charge on any atom is 0.372 e. The topological polar surface area (TPSA) is 93.1 Å². The van der Waals surface area contributed by atoms with E-state index in [2.05, 4.69) is 22.6 Å². The fraction of sp³-hybridized carbons (Fsp3) is 0.647. The monoisotopic (exact) mass is 436 g/mol. The van der Waals surface area contributed by atoms with Gasteiger partial charge in [-0.15, -0.1) is 0 Å². The molecule has 2 atom stereocenters. The number of hydrogen-bond acceptors (Lipinski definition) is 6. The molecule has 2 unspecified atom stereocenters. The highest BCUT2D eigenvalue weighted by molar-refractivity contribution is 5.87. The minimum absolute atomic E-state index is 0.167. The van der Waals surface area contributed by atoms with E-state index in [4.69, 9.17) is 5.11 Å². The SMILES string of the molecule is C=C(C)C(=O)OCC(O)CC(F)(F)C(F)(F)C(F)(F)CC(CO)OC(=O)C(=C)C. The van der Waals surface area contributed by atoms with Crippen LogP contribution in [-0.2, 0) is 19.1 Å². The summed E-state index contributed by atoms with van der Waals surface area (Å²) in [6.45, 7) is 6.09. The van der Waals surface area contributed by atoms with Crippen LogP contribution in [0.25, 0.3) is 0 Å². The Morgan fingerprint density at radius 2 is 1.38 bits per heavy atom. The van der Waals surface area contributed by atoms with Gasteiger partial charge in [-0.3, -0.25) is 0 Å². The first-order valence-electron chi connectivity index (χ1n) is 8.10. The lowest BCUT2D eigenvalue weighted by molar-refractivity contribution is -0.321. The predicted octanol–water partition coefficient (Wildman–Crippen LogP) is 2.63. The number of esters is 2. The van der Waals surface area contributed by atoms with E-state index in [1.807, 2.05) is 0 Å². The van der Waals surface area contributed by atoms with Crippen LogP contribution in [0.15, 0.2) is 24.3 Å². The van der Waals surface area contributed by atoms with Crippen LogP contribution in [0.5, 0.6) is 0 Å². The number of rotatable bonds is 12. The van der Waals surface area contributed by atoms with Crippen molar-refractivity contribution >= 4 is 11.9 Å². The van der Waals surface area contributed by atoms with Gasteiger partial charge in [0.05, 0.1) is 19.1 Å². The van der Waals surface area contributed by atoms with Gasteiger partial charge in [0.15, 0.2) is 0 Å². The Morgan fingerprint density at radius 3 is 1.79 bits per heavy atom. The lowest BCUT2D eigenvalue weighted by Gasteiger charge is -2.35. The molecule has 0 amide bonds. The number of hydrogen-bond donors (Lipinski definition) is 2. The molecule has 0 spiro atoms. The van der Waals surface area contributed by atoms with Gasteiger partial charge in [0.1, 0.15) is 12.7 Å². The van der Waals surface area contributed by atoms with Crippen molar-refractivity contribution in [2.75, 3.05) is 13.2 Å². The molecular weight excluding hydrogens is 414 g/mol. The van der Waals surface area contributed by atoms with Gasteiger partial charge < -0.3 is 19.7 Å². The van der Waals surface area contributed by atoms with Gasteiger partial charge in [-0.25, -0.2) is 9.59 Å². The first-order chi connectivity index (χ1) is 13.0. The molecule has 0 heterocycles. The van der Waals surface area contributed by atoms with Crippen molar-refractivity contribution in [1.82, 2.24) is 0 Å². The second-order valence-corrected chi connectivity index (χ2v) is 6.41. The van der Waals surface area contributed by atoms with Crippen LogP contribution in [0.1, 0.15) is 26.7 Å². The minimum atomic E-state index is -6.00. The number of alkyl halides is 6. The Labute approximate surface area is 162 Å². The van der Waals surface area contributed by atoms with Gasteiger partial charge in [-0.1, -0.05) is 13.2 Å². The molecule has 12 heteroatoms. The van der Waals surface area contributed by atoms with Crippen LogP contribution in [0, 0.1) is 0 Å². The van der Waals surface area contributed by atoms with E-state index in [9.17, 15) is 41.0 Å². The number of aliphatic hydroxyl groups excluding tert-OH is 2. The van der Waals surface area contributed by atoms with Gasteiger partial charge >= 0.3 is 29.7 Å². The zero-order chi connectivity index (χ0) is 23.2. The molecular formula is C17H22F6O6. The van der Waals surface area contributed by atoms with Crippen molar-refractivity contribution in [1.29, 1.82) is 0 Å². The molecule has 0 aliphatic carbocycles. The van der Waals surface area contributed by atoms with Gasteiger partial charge in [0.2, 0.25) is 0 Å². The van der Waals surface area contributed by atoms with E-state index in [-0.39, 0.29) is 11.1 Å². The largest absolute Gasteiger partial charge is 0.460 e. The molecule has 2 N–H and O–H groups in total. The smallest absolute Gasteiger partial charge is 0.372 e. The second-order valence-electron chi connectivity index (χ2n) is 6.41. The summed E-state index contributed by atoms with van der Waals surface area (Å²) in [5, 5.41) is 18.3.